The maximum absolute atomic E-state index is 12.7. The van der Waals surface area contributed by atoms with Crippen LogP contribution in [0.1, 0.15) is 30.1 Å². The summed E-state index contributed by atoms with van der Waals surface area (Å²) in [6.07, 6.45) is 11.6. The fraction of sp³-hybridized carbons (Fsp3) is 0.300. The summed E-state index contributed by atoms with van der Waals surface area (Å²) in [6.45, 7) is 1.73. The second kappa shape index (κ2) is 8.62. The molecule has 0 amide bonds. The van der Waals surface area contributed by atoms with E-state index < -0.39 is 16.9 Å². The second-order valence-electron chi connectivity index (χ2n) is 6.98. The molecule has 29 heavy (non-hydrogen) atoms. The summed E-state index contributed by atoms with van der Waals surface area (Å²) in [5.41, 5.74) is 6.17. The molecular formula is C20H24N4O4S. The summed E-state index contributed by atoms with van der Waals surface area (Å²) >= 11 is -1.54. The van der Waals surface area contributed by atoms with Crippen LogP contribution in [0.5, 0.6) is 0 Å². The summed E-state index contributed by atoms with van der Waals surface area (Å²) in [4.78, 5) is 17.0. The van der Waals surface area contributed by atoms with Crippen LogP contribution in [0.15, 0.2) is 60.2 Å². The molecule has 9 heteroatoms. The summed E-state index contributed by atoms with van der Waals surface area (Å²) in [5, 5.41) is 3.15. The van der Waals surface area contributed by atoms with Crippen LogP contribution in [0.3, 0.4) is 0 Å². The largest absolute Gasteiger partial charge is 0.487 e. The van der Waals surface area contributed by atoms with Crippen molar-refractivity contribution in [2.75, 3.05) is 25.1 Å². The standard InChI is InChI=1S/C20H24N4O4S/c1-20(12-5-13-27-20)18(25)16-10-11-17(23-19(16)21)22-14-6-4-7-15(9-8-14)28-29(26)24(2)3/h4-6,8-11,13H,7,12H2,1-3H3,(H3,21,22,23). The average molecular weight is 417 g/mol. The van der Waals surface area contributed by atoms with Gasteiger partial charge in [-0.3, -0.25) is 4.79 Å². The highest BCUT2D eigenvalue weighted by Crippen LogP contribution is 2.29. The number of nitrogens with one attached hydrogen (secondary N) is 1. The van der Waals surface area contributed by atoms with Crippen molar-refractivity contribution in [3.63, 3.8) is 0 Å². The van der Waals surface area contributed by atoms with E-state index >= 15 is 0 Å². The molecule has 0 fully saturated rings. The SMILES string of the molecule is CN(C)S(=O)OC1=CC=C(Nc2ccc(C(=O)C3(C)CC=CO3)c(N)n2)C=CC1. The van der Waals surface area contributed by atoms with E-state index in [2.05, 4.69) is 10.3 Å². The summed E-state index contributed by atoms with van der Waals surface area (Å²) < 4.78 is 24.1. The van der Waals surface area contributed by atoms with E-state index in [0.717, 1.165) is 5.70 Å². The van der Waals surface area contributed by atoms with E-state index in [1.165, 1.54) is 10.6 Å². The van der Waals surface area contributed by atoms with Crippen LogP contribution in [0.2, 0.25) is 0 Å². The van der Waals surface area contributed by atoms with Crippen molar-refractivity contribution in [1.29, 1.82) is 0 Å². The predicted molar refractivity (Wildman–Crippen MR) is 113 cm³/mol. The summed E-state index contributed by atoms with van der Waals surface area (Å²) in [6, 6.07) is 3.34. The number of rotatable bonds is 7. The van der Waals surface area contributed by atoms with Gasteiger partial charge in [-0.25, -0.2) is 4.98 Å². The fourth-order valence-corrected chi connectivity index (χ4v) is 3.21. The Kier molecular flexibility index (Phi) is 6.19. The Labute approximate surface area is 172 Å². The number of carbonyl (C=O) groups excluding carboxylic acids is 1. The number of allylic oxidation sites excluding steroid dienone is 4. The first-order valence-electron chi connectivity index (χ1n) is 9.04. The average Bonchev–Trinajstić information content (AvgIpc) is 3.01. The van der Waals surface area contributed by atoms with Gasteiger partial charge in [-0.15, -0.1) is 0 Å². The molecule has 2 heterocycles. The molecule has 0 bridgehead atoms. The number of aromatic nitrogens is 1. The first kappa shape index (κ1) is 20.8. The molecule has 2 aliphatic rings. The molecule has 0 saturated heterocycles. The quantitative estimate of drug-likeness (QED) is 0.658. The molecule has 3 N–H and O–H groups in total. The minimum atomic E-state index is -1.54. The van der Waals surface area contributed by atoms with Crippen molar-refractivity contribution in [3.05, 3.63) is 65.8 Å². The lowest BCUT2D eigenvalue weighted by Crippen LogP contribution is -2.35. The van der Waals surface area contributed by atoms with Crippen molar-refractivity contribution in [2.45, 2.75) is 25.4 Å². The van der Waals surface area contributed by atoms with Crippen LogP contribution >= 0.6 is 0 Å². The lowest BCUT2D eigenvalue weighted by Gasteiger charge is -2.22. The predicted octanol–water partition coefficient (Wildman–Crippen LogP) is 2.84. The third-order valence-corrected chi connectivity index (χ3v) is 5.35. The molecule has 0 saturated carbocycles. The summed E-state index contributed by atoms with van der Waals surface area (Å²) in [7, 11) is 3.35. The summed E-state index contributed by atoms with van der Waals surface area (Å²) in [5.74, 6) is 1.01. The van der Waals surface area contributed by atoms with Crippen molar-refractivity contribution in [3.8, 4) is 0 Å². The Morgan fingerprint density at radius 1 is 1.34 bits per heavy atom. The van der Waals surface area contributed by atoms with Crippen LogP contribution in [0, 0.1) is 0 Å². The van der Waals surface area contributed by atoms with Gasteiger partial charge >= 0.3 is 0 Å². The van der Waals surface area contributed by atoms with Crippen LogP contribution in [0.4, 0.5) is 11.6 Å². The molecule has 154 valence electrons. The van der Waals surface area contributed by atoms with Crippen LogP contribution in [-0.2, 0) is 20.2 Å². The van der Waals surface area contributed by atoms with Crippen LogP contribution in [-0.4, -0.2) is 39.0 Å². The maximum atomic E-state index is 12.7. The number of anilines is 2. The monoisotopic (exact) mass is 416 g/mol. The molecule has 0 aromatic carbocycles. The number of ketones is 1. The Hall–Kier alpha value is -2.91. The number of pyridine rings is 1. The Morgan fingerprint density at radius 3 is 2.79 bits per heavy atom. The Morgan fingerprint density at radius 2 is 2.14 bits per heavy atom. The van der Waals surface area contributed by atoms with E-state index in [9.17, 15) is 9.00 Å². The van der Waals surface area contributed by atoms with Gasteiger partial charge < -0.3 is 20.0 Å². The van der Waals surface area contributed by atoms with Gasteiger partial charge in [0.05, 0.1) is 11.8 Å². The first-order chi connectivity index (χ1) is 13.8. The Bertz CT molecular complexity index is 942. The van der Waals surface area contributed by atoms with Gasteiger partial charge in [0.2, 0.25) is 5.78 Å². The van der Waals surface area contributed by atoms with E-state index in [4.69, 9.17) is 14.7 Å². The van der Waals surface area contributed by atoms with Crippen LogP contribution in [0.25, 0.3) is 0 Å². The van der Waals surface area contributed by atoms with Crippen LogP contribution < -0.4 is 11.1 Å². The zero-order valence-electron chi connectivity index (χ0n) is 16.5. The van der Waals surface area contributed by atoms with Gasteiger partial charge in [-0.05, 0) is 43.4 Å². The van der Waals surface area contributed by atoms with Gasteiger partial charge in [0, 0.05) is 32.6 Å². The molecule has 0 radical (unpaired) electrons. The molecule has 1 aliphatic heterocycles. The molecular weight excluding hydrogens is 392 g/mol. The van der Waals surface area contributed by atoms with Gasteiger partial charge in [-0.1, -0.05) is 6.08 Å². The van der Waals surface area contributed by atoms with E-state index in [0.29, 0.717) is 30.0 Å². The molecule has 1 aromatic rings. The normalized spacial score (nSPS) is 21.8. The zero-order chi connectivity index (χ0) is 21.0. The van der Waals surface area contributed by atoms with Gasteiger partial charge in [0.25, 0.3) is 11.3 Å². The number of hydrogen-bond donors (Lipinski definition) is 2. The zero-order valence-corrected chi connectivity index (χ0v) is 17.4. The van der Waals surface area contributed by atoms with Gasteiger partial charge in [0.1, 0.15) is 17.4 Å². The smallest absolute Gasteiger partial charge is 0.289 e. The van der Waals surface area contributed by atoms with E-state index in [1.54, 1.807) is 45.3 Å². The molecule has 2 atom stereocenters. The number of carbonyl (C=O) groups is 1. The maximum Gasteiger partial charge on any atom is 0.289 e. The number of nitrogen functional groups attached to an aromatic ring is 1. The first-order valence-corrected chi connectivity index (χ1v) is 10.1. The van der Waals surface area contributed by atoms with Crippen molar-refractivity contribution in [2.24, 2.45) is 0 Å². The van der Waals surface area contributed by atoms with Gasteiger partial charge in [-0.2, -0.15) is 8.51 Å². The molecule has 3 rings (SSSR count). The number of Topliss-reactive ketones (excluding diaryl/α,β-unsaturated/α-hetero) is 1. The third kappa shape index (κ3) is 4.93. The van der Waals surface area contributed by atoms with E-state index in [-0.39, 0.29) is 11.6 Å². The number of nitrogens with two attached hydrogens (primary N) is 1. The van der Waals surface area contributed by atoms with Gasteiger partial charge in [0.15, 0.2) is 5.60 Å². The second-order valence-corrected chi connectivity index (χ2v) is 8.31. The fourth-order valence-electron chi connectivity index (χ4n) is 2.75. The molecule has 1 aromatic heterocycles. The van der Waals surface area contributed by atoms with Crippen molar-refractivity contribution in [1.82, 2.24) is 9.29 Å². The van der Waals surface area contributed by atoms with Crippen molar-refractivity contribution < 1.29 is 17.9 Å². The number of hydrogen-bond acceptors (Lipinski definition) is 7. The van der Waals surface area contributed by atoms with Crippen molar-refractivity contribution >= 4 is 28.7 Å². The third-order valence-electron chi connectivity index (χ3n) is 4.40. The molecule has 2 unspecified atom stereocenters. The molecule has 1 aliphatic carbocycles. The minimum Gasteiger partial charge on any atom is -0.487 e. The highest BCUT2D eigenvalue weighted by atomic mass is 32.2. The Balaban J connectivity index is 1.71. The topological polar surface area (TPSA) is 107 Å². The highest BCUT2D eigenvalue weighted by molar-refractivity contribution is 7.77. The van der Waals surface area contributed by atoms with E-state index in [1.807, 2.05) is 18.2 Å². The lowest BCUT2D eigenvalue weighted by molar-refractivity contribution is 0.0428. The minimum absolute atomic E-state index is 0.135. The highest BCUT2D eigenvalue weighted by Gasteiger charge is 2.38. The molecule has 0 spiro atoms. The lowest BCUT2D eigenvalue weighted by atomic mass is 9.92. The molecule has 8 nitrogen and oxygen atoms in total. The number of nitrogens with zero attached hydrogens (tertiary/aromatic N) is 2. The number of ether oxygens (including phenoxy) is 1.